The Labute approximate surface area is 234 Å². The molecule has 6 rings (SSSR count). The van der Waals surface area contributed by atoms with Gasteiger partial charge >= 0.3 is 5.97 Å². The second kappa shape index (κ2) is 10.4. The van der Waals surface area contributed by atoms with E-state index in [2.05, 4.69) is 5.32 Å². The van der Waals surface area contributed by atoms with Gasteiger partial charge in [-0.15, -0.1) is 0 Å². The highest BCUT2D eigenvalue weighted by Crippen LogP contribution is 2.46. The molecule has 0 aromatic heterocycles. The fourth-order valence-corrected chi connectivity index (χ4v) is 5.31. The summed E-state index contributed by atoms with van der Waals surface area (Å²) in [6.07, 6.45) is 0. The number of hydrogen-bond donors (Lipinski definition) is 2. The molecular weight excluding hydrogens is 532 g/mol. The van der Waals surface area contributed by atoms with Crippen molar-refractivity contribution in [3.8, 4) is 11.5 Å². The summed E-state index contributed by atoms with van der Waals surface area (Å²) in [6, 6.07) is 24.3. The lowest BCUT2D eigenvalue weighted by atomic mass is 9.79. The van der Waals surface area contributed by atoms with Crippen molar-refractivity contribution in [2.45, 2.75) is 12.0 Å². The number of amides is 2. The summed E-state index contributed by atoms with van der Waals surface area (Å²) in [7, 11) is 0. The Bertz CT molecular complexity index is 1620. The van der Waals surface area contributed by atoms with E-state index < -0.39 is 17.9 Å². The number of ether oxygens (including phenoxy) is 2. The number of carboxylic acid groups (broad SMARTS) is 1. The molecular formula is C31H23ClN2O6. The molecule has 0 bridgehead atoms. The van der Waals surface area contributed by atoms with Gasteiger partial charge in [0.05, 0.1) is 6.04 Å². The molecule has 2 aliphatic heterocycles. The fraction of sp³-hybridized carbons (Fsp3) is 0.129. The molecule has 2 aliphatic rings. The van der Waals surface area contributed by atoms with Crippen molar-refractivity contribution in [3.05, 3.63) is 118 Å². The molecule has 40 heavy (non-hydrogen) atoms. The minimum absolute atomic E-state index is 0.313. The number of anilines is 2. The molecule has 2 amide bonds. The van der Waals surface area contributed by atoms with E-state index in [0.29, 0.717) is 63.4 Å². The van der Waals surface area contributed by atoms with Crippen molar-refractivity contribution in [1.29, 1.82) is 0 Å². The van der Waals surface area contributed by atoms with E-state index in [-0.39, 0.29) is 11.8 Å². The standard InChI is InChI=1S/C31H23ClN2O6/c32-20-8-10-21(11-9-20)33-29(35)18-5-12-22(13-6-18)34-28(19-7-14-25-26(17-19)40-16-15-39-25)27(31(37)38)23-3-1-2-4-24(23)30(34)36/h1-14,17,27-28H,15-16H2,(H,33,35)(H,37,38). The first-order valence-corrected chi connectivity index (χ1v) is 13.0. The van der Waals surface area contributed by atoms with Crippen LogP contribution >= 0.6 is 11.6 Å². The van der Waals surface area contributed by atoms with Gasteiger partial charge < -0.3 is 19.9 Å². The van der Waals surface area contributed by atoms with Gasteiger partial charge in [0, 0.05) is 27.5 Å². The fourth-order valence-electron chi connectivity index (χ4n) is 5.18. The summed E-state index contributed by atoms with van der Waals surface area (Å²) >= 11 is 5.93. The molecule has 4 aromatic rings. The smallest absolute Gasteiger partial charge is 0.313 e. The van der Waals surface area contributed by atoms with Crippen LogP contribution in [0.3, 0.4) is 0 Å². The third-order valence-electron chi connectivity index (χ3n) is 7.02. The second-order valence-corrected chi connectivity index (χ2v) is 9.87. The molecule has 0 aliphatic carbocycles. The first kappa shape index (κ1) is 25.5. The van der Waals surface area contributed by atoms with Crippen LogP contribution in [0.4, 0.5) is 11.4 Å². The third-order valence-corrected chi connectivity index (χ3v) is 7.27. The van der Waals surface area contributed by atoms with Crippen molar-refractivity contribution in [2.24, 2.45) is 0 Å². The highest BCUT2D eigenvalue weighted by molar-refractivity contribution is 6.30. The normalized spacial score (nSPS) is 17.6. The van der Waals surface area contributed by atoms with E-state index in [1.807, 2.05) is 0 Å². The maximum Gasteiger partial charge on any atom is 0.313 e. The van der Waals surface area contributed by atoms with Gasteiger partial charge in [-0.05, 0) is 77.9 Å². The Morgan fingerprint density at radius 2 is 1.57 bits per heavy atom. The molecule has 2 atom stereocenters. The zero-order valence-corrected chi connectivity index (χ0v) is 21.8. The van der Waals surface area contributed by atoms with Gasteiger partial charge in [0.15, 0.2) is 11.5 Å². The number of halogens is 1. The van der Waals surface area contributed by atoms with Crippen LogP contribution in [0.5, 0.6) is 11.5 Å². The van der Waals surface area contributed by atoms with Crippen molar-refractivity contribution in [2.75, 3.05) is 23.4 Å². The Hall–Kier alpha value is -4.82. The minimum atomic E-state index is -1.07. The number of carbonyl (C=O) groups excluding carboxylic acids is 2. The van der Waals surface area contributed by atoms with Gasteiger partial charge in [-0.2, -0.15) is 0 Å². The monoisotopic (exact) mass is 554 g/mol. The van der Waals surface area contributed by atoms with E-state index in [1.54, 1.807) is 91.0 Å². The molecule has 2 unspecified atom stereocenters. The molecule has 0 saturated carbocycles. The third kappa shape index (κ3) is 4.63. The number of aliphatic carboxylic acids is 1. The van der Waals surface area contributed by atoms with Crippen LogP contribution in [0.25, 0.3) is 0 Å². The van der Waals surface area contributed by atoms with Crippen LogP contribution in [0.2, 0.25) is 5.02 Å². The zero-order chi connectivity index (χ0) is 27.8. The Morgan fingerprint density at radius 3 is 2.30 bits per heavy atom. The summed E-state index contributed by atoms with van der Waals surface area (Å²) < 4.78 is 11.4. The molecule has 0 saturated heterocycles. The quantitative estimate of drug-likeness (QED) is 0.317. The average Bonchev–Trinajstić information content (AvgIpc) is 2.98. The zero-order valence-electron chi connectivity index (χ0n) is 21.0. The van der Waals surface area contributed by atoms with Crippen molar-refractivity contribution < 1.29 is 29.0 Å². The molecule has 0 spiro atoms. The van der Waals surface area contributed by atoms with Crippen LogP contribution in [0.15, 0.2) is 91.0 Å². The van der Waals surface area contributed by atoms with Gasteiger partial charge in [-0.1, -0.05) is 35.9 Å². The number of hydrogen-bond acceptors (Lipinski definition) is 5. The predicted octanol–water partition coefficient (Wildman–Crippen LogP) is 5.93. The Balaban J connectivity index is 1.40. The summed E-state index contributed by atoms with van der Waals surface area (Å²) in [5.74, 6) is -1.74. The summed E-state index contributed by atoms with van der Waals surface area (Å²) in [5, 5.41) is 13.8. The largest absolute Gasteiger partial charge is 0.486 e. The summed E-state index contributed by atoms with van der Waals surface area (Å²) in [4.78, 5) is 41.0. The minimum Gasteiger partial charge on any atom is -0.486 e. The Morgan fingerprint density at radius 1 is 0.875 bits per heavy atom. The van der Waals surface area contributed by atoms with Gasteiger partial charge in [-0.25, -0.2) is 0 Å². The van der Waals surface area contributed by atoms with Gasteiger partial charge in [0.2, 0.25) is 0 Å². The predicted molar refractivity (Wildman–Crippen MR) is 150 cm³/mol. The van der Waals surface area contributed by atoms with E-state index in [1.165, 1.54) is 4.90 Å². The van der Waals surface area contributed by atoms with E-state index in [9.17, 15) is 19.5 Å². The van der Waals surface area contributed by atoms with E-state index in [4.69, 9.17) is 21.1 Å². The van der Waals surface area contributed by atoms with Crippen LogP contribution in [-0.2, 0) is 4.79 Å². The maximum absolute atomic E-state index is 13.9. The summed E-state index contributed by atoms with van der Waals surface area (Å²) in [5.41, 5.74) is 2.75. The highest BCUT2D eigenvalue weighted by atomic mass is 35.5. The van der Waals surface area contributed by atoms with Crippen LogP contribution in [-0.4, -0.2) is 36.1 Å². The van der Waals surface area contributed by atoms with Crippen molar-refractivity contribution >= 4 is 40.8 Å². The first-order chi connectivity index (χ1) is 19.4. The van der Waals surface area contributed by atoms with Crippen LogP contribution < -0.4 is 19.7 Å². The average molecular weight is 555 g/mol. The molecule has 0 radical (unpaired) electrons. The molecule has 200 valence electrons. The molecule has 4 aromatic carbocycles. The number of fused-ring (bicyclic) bond motifs is 2. The summed E-state index contributed by atoms with van der Waals surface area (Å²) in [6.45, 7) is 0.790. The van der Waals surface area contributed by atoms with E-state index in [0.717, 1.165) is 0 Å². The molecule has 2 N–H and O–H groups in total. The van der Waals surface area contributed by atoms with Crippen LogP contribution in [0, 0.1) is 0 Å². The lowest BCUT2D eigenvalue weighted by molar-refractivity contribution is -0.139. The van der Waals surface area contributed by atoms with Gasteiger partial charge in [-0.3, -0.25) is 19.3 Å². The SMILES string of the molecule is O=C(Nc1ccc(Cl)cc1)c1ccc(N2C(=O)c3ccccc3C(C(=O)O)C2c2ccc3c(c2)OCCO3)cc1. The lowest BCUT2D eigenvalue weighted by Gasteiger charge is -2.41. The number of rotatable bonds is 5. The second-order valence-electron chi connectivity index (χ2n) is 9.43. The Kier molecular flexibility index (Phi) is 6.61. The number of benzene rings is 4. The van der Waals surface area contributed by atoms with Gasteiger partial charge in [0.25, 0.3) is 11.8 Å². The molecule has 0 fully saturated rings. The van der Waals surface area contributed by atoms with Gasteiger partial charge in [0.1, 0.15) is 19.1 Å². The topological polar surface area (TPSA) is 105 Å². The maximum atomic E-state index is 13.9. The molecule has 2 heterocycles. The number of nitrogens with zero attached hydrogens (tertiary/aromatic N) is 1. The van der Waals surface area contributed by atoms with Crippen molar-refractivity contribution in [3.63, 3.8) is 0 Å². The molecule has 9 heteroatoms. The molecule has 8 nitrogen and oxygen atoms in total. The number of carbonyl (C=O) groups is 3. The number of nitrogens with one attached hydrogen (secondary N) is 1. The lowest BCUT2D eigenvalue weighted by Crippen LogP contribution is -2.45. The van der Waals surface area contributed by atoms with Crippen molar-refractivity contribution in [1.82, 2.24) is 0 Å². The van der Waals surface area contributed by atoms with E-state index >= 15 is 0 Å². The highest BCUT2D eigenvalue weighted by Gasteiger charge is 2.45. The first-order valence-electron chi connectivity index (χ1n) is 12.6. The number of carboxylic acids is 1. The van der Waals surface area contributed by atoms with Crippen LogP contribution in [0.1, 0.15) is 43.8 Å².